The lowest BCUT2D eigenvalue weighted by atomic mass is 9.96. The van der Waals surface area contributed by atoms with Gasteiger partial charge in [-0.15, -0.1) is 0 Å². The highest BCUT2D eigenvalue weighted by molar-refractivity contribution is 5.67. The number of nitriles is 1. The summed E-state index contributed by atoms with van der Waals surface area (Å²) in [5.74, 6) is 0. The van der Waals surface area contributed by atoms with Crippen LogP contribution in [0.25, 0.3) is 0 Å². The van der Waals surface area contributed by atoms with Crippen LogP contribution in [-0.2, 0) is 11.3 Å². The molecule has 1 aromatic carbocycles. The SMILES string of the molecule is CC(C)(C)CN(CCC#N)C(=O)OCc1ccccc1. The second-order valence-corrected chi connectivity index (χ2v) is 5.93. The summed E-state index contributed by atoms with van der Waals surface area (Å²) in [6.07, 6.45) is -0.0460. The van der Waals surface area contributed by atoms with E-state index in [1.807, 2.05) is 30.3 Å². The van der Waals surface area contributed by atoms with Gasteiger partial charge < -0.3 is 9.64 Å². The van der Waals surface area contributed by atoms with E-state index in [1.165, 1.54) is 0 Å². The van der Waals surface area contributed by atoms with Crippen LogP contribution in [-0.4, -0.2) is 24.1 Å². The molecule has 4 nitrogen and oxygen atoms in total. The Labute approximate surface area is 121 Å². The standard InChI is InChI=1S/C16H22N2O2/c1-16(2,3)13-18(11-7-10-17)15(19)20-12-14-8-5-4-6-9-14/h4-6,8-9H,7,11-13H2,1-3H3. The lowest BCUT2D eigenvalue weighted by Crippen LogP contribution is -2.38. The van der Waals surface area contributed by atoms with Crippen molar-refractivity contribution in [1.29, 1.82) is 5.26 Å². The number of ether oxygens (including phenoxy) is 1. The van der Waals surface area contributed by atoms with Gasteiger partial charge in [0.2, 0.25) is 0 Å². The van der Waals surface area contributed by atoms with Crippen LogP contribution >= 0.6 is 0 Å². The van der Waals surface area contributed by atoms with Crippen LogP contribution in [0.5, 0.6) is 0 Å². The molecule has 108 valence electrons. The molecule has 0 radical (unpaired) electrons. The van der Waals surface area contributed by atoms with E-state index < -0.39 is 0 Å². The highest BCUT2D eigenvalue weighted by Crippen LogP contribution is 2.16. The summed E-state index contributed by atoms with van der Waals surface area (Å²) < 4.78 is 5.31. The summed E-state index contributed by atoms with van der Waals surface area (Å²) in [4.78, 5) is 13.7. The quantitative estimate of drug-likeness (QED) is 0.824. The number of hydrogen-bond acceptors (Lipinski definition) is 3. The third-order valence-corrected chi connectivity index (χ3v) is 2.62. The lowest BCUT2D eigenvalue weighted by molar-refractivity contribution is 0.0843. The Balaban J connectivity index is 2.56. The minimum absolute atomic E-state index is 0.0266. The molecule has 0 unspecified atom stereocenters. The van der Waals surface area contributed by atoms with Crippen molar-refractivity contribution in [3.63, 3.8) is 0 Å². The van der Waals surface area contributed by atoms with Crippen molar-refractivity contribution in [2.45, 2.75) is 33.8 Å². The predicted octanol–water partition coefficient (Wildman–Crippen LogP) is 3.58. The van der Waals surface area contributed by atoms with Crippen molar-refractivity contribution in [2.24, 2.45) is 5.41 Å². The molecule has 20 heavy (non-hydrogen) atoms. The fourth-order valence-corrected chi connectivity index (χ4v) is 1.80. The second-order valence-electron chi connectivity index (χ2n) is 5.93. The van der Waals surface area contributed by atoms with Gasteiger partial charge in [0.1, 0.15) is 6.61 Å². The number of rotatable bonds is 5. The normalized spacial score (nSPS) is 10.7. The molecular formula is C16H22N2O2. The van der Waals surface area contributed by atoms with Crippen LogP contribution < -0.4 is 0 Å². The molecular weight excluding hydrogens is 252 g/mol. The van der Waals surface area contributed by atoms with Crippen LogP contribution in [0, 0.1) is 16.7 Å². The van der Waals surface area contributed by atoms with Gasteiger partial charge in [-0.1, -0.05) is 51.1 Å². The van der Waals surface area contributed by atoms with E-state index in [2.05, 4.69) is 26.8 Å². The van der Waals surface area contributed by atoms with Gasteiger partial charge in [0.25, 0.3) is 0 Å². The smallest absolute Gasteiger partial charge is 0.410 e. The first-order chi connectivity index (χ1) is 9.42. The first-order valence-corrected chi connectivity index (χ1v) is 6.75. The molecule has 0 heterocycles. The number of amides is 1. The maximum Gasteiger partial charge on any atom is 0.410 e. The average molecular weight is 274 g/mol. The molecule has 0 saturated carbocycles. The number of carbonyl (C=O) groups excluding carboxylic acids is 1. The van der Waals surface area contributed by atoms with Crippen molar-refractivity contribution >= 4 is 6.09 Å². The third-order valence-electron chi connectivity index (χ3n) is 2.62. The van der Waals surface area contributed by atoms with Crippen LogP contribution in [0.4, 0.5) is 4.79 Å². The summed E-state index contributed by atoms with van der Waals surface area (Å²) in [7, 11) is 0. The van der Waals surface area contributed by atoms with E-state index in [9.17, 15) is 4.79 Å². The Morgan fingerprint density at radius 1 is 1.30 bits per heavy atom. The molecule has 0 aliphatic heterocycles. The zero-order valence-corrected chi connectivity index (χ0v) is 12.4. The number of hydrogen-bond donors (Lipinski definition) is 0. The van der Waals surface area contributed by atoms with E-state index in [0.717, 1.165) is 5.56 Å². The molecule has 4 heteroatoms. The molecule has 0 spiro atoms. The summed E-state index contributed by atoms with van der Waals surface area (Å²) in [5, 5.41) is 8.67. The van der Waals surface area contributed by atoms with Gasteiger partial charge in [0.15, 0.2) is 0 Å². The molecule has 1 amide bonds. The van der Waals surface area contributed by atoms with Crippen molar-refractivity contribution in [2.75, 3.05) is 13.1 Å². The lowest BCUT2D eigenvalue weighted by Gasteiger charge is -2.28. The van der Waals surface area contributed by atoms with E-state index >= 15 is 0 Å². The maximum absolute atomic E-state index is 12.1. The van der Waals surface area contributed by atoms with Crippen molar-refractivity contribution in [3.05, 3.63) is 35.9 Å². The topological polar surface area (TPSA) is 53.3 Å². The summed E-state index contributed by atoms with van der Waals surface area (Å²) >= 11 is 0. The van der Waals surface area contributed by atoms with E-state index in [0.29, 0.717) is 19.5 Å². The van der Waals surface area contributed by atoms with Crippen molar-refractivity contribution in [1.82, 2.24) is 4.90 Å². The van der Waals surface area contributed by atoms with Crippen molar-refractivity contribution < 1.29 is 9.53 Å². The van der Waals surface area contributed by atoms with E-state index in [-0.39, 0.29) is 18.1 Å². The average Bonchev–Trinajstić information content (AvgIpc) is 2.40. The summed E-state index contributed by atoms with van der Waals surface area (Å²) in [6.45, 7) is 7.39. The van der Waals surface area contributed by atoms with Gasteiger partial charge in [-0.3, -0.25) is 0 Å². The Bertz CT molecular complexity index is 458. The molecule has 0 saturated heterocycles. The zero-order valence-electron chi connectivity index (χ0n) is 12.4. The highest BCUT2D eigenvalue weighted by atomic mass is 16.6. The molecule has 0 N–H and O–H groups in total. The van der Waals surface area contributed by atoms with Crippen molar-refractivity contribution in [3.8, 4) is 6.07 Å². The number of nitrogens with zero attached hydrogens (tertiary/aromatic N) is 2. The molecule has 0 atom stereocenters. The number of benzene rings is 1. The Morgan fingerprint density at radius 2 is 1.95 bits per heavy atom. The van der Waals surface area contributed by atoms with Crippen LogP contribution in [0.15, 0.2) is 30.3 Å². The predicted molar refractivity (Wildman–Crippen MR) is 77.9 cm³/mol. The minimum atomic E-state index is -0.362. The second kappa shape index (κ2) is 7.54. The zero-order chi connectivity index (χ0) is 15.0. The van der Waals surface area contributed by atoms with Gasteiger partial charge in [-0.05, 0) is 11.0 Å². The summed E-state index contributed by atoms with van der Waals surface area (Å²) in [6, 6.07) is 11.6. The fraction of sp³-hybridized carbons (Fsp3) is 0.500. The first kappa shape index (κ1) is 16.0. The van der Waals surface area contributed by atoms with E-state index in [1.54, 1.807) is 4.90 Å². The molecule has 0 aliphatic carbocycles. The largest absolute Gasteiger partial charge is 0.445 e. The van der Waals surface area contributed by atoms with Crippen LogP contribution in [0.2, 0.25) is 0 Å². The maximum atomic E-state index is 12.1. The number of carbonyl (C=O) groups is 1. The van der Waals surface area contributed by atoms with Crippen LogP contribution in [0.1, 0.15) is 32.8 Å². The Kier molecular flexibility index (Phi) is 6.05. The molecule has 1 rings (SSSR count). The Hall–Kier alpha value is -2.02. The monoisotopic (exact) mass is 274 g/mol. The molecule has 0 bridgehead atoms. The van der Waals surface area contributed by atoms with Crippen LogP contribution in [0.3, 0.4) is 0 Å². The molecule has 0 fully saturated rings. The fourth-order valence-electron chi connectivity index (χ4n) is 1.80. The minimum Gasteiger partial charge on any atom is -0.445 e. The van der Waals surface area contributed by atoms with Gasteiger partial charge in [0.05, 0.1) is 12.5 Å². The van der Waals surface area contributed by atoms with Gasteiger partial charge in [-0.2, -0.15) is 5.26 Å². The Morgan fingerprint density at radius 3 is 2.50 bits per heavy atom. The molecule has 1 aromatic rings. The van der Waals surface area contributed by atoms with E-state index in [4.69, 9.17) is 10.00 Å². The molecule has 0 aliphatic rings. The highest BCUT2D eigenvalue weighted by Gasteiger charge is 2.21. The summed E-state index contributed by atoms with van der Waals surface area (Å²) in [5.41, 5.74) is 0.929. The molecule has 0 aromatic heterocycles. The van der Waals surface area contributed by atoms with Gasteiger partial charge in [0, 0.05) is 13.1 Å². The third kappa shape index (κ3) is 6.24. The van der Waals surface area contributed by atoms with Gasteiger partial charge >= 0.3 is 6.09 Å². The first-order valence-electron chi connectivity index (χ1n) is 6.75. The van der Waals surface area contributed by atoms with Gasteiger partial charge in [-0.25, -0.2) is 4.79 Å².